The van der Waals surface area contributed by atoms with Crippen LogP contribution in [0.25, 0.3) is 0 Å². The average Bonchev–Trinajstić information content (AvgIpc) is 2.38. The number of aromatic carboxylic acids is 1. The van der Waals surface area contributed by atoms with Gasteiger partial charge in [0.2, 0.25) is 10.0 Å². The first-order valence-corrected chi connectivity index (χ1v) is 8.44. The van der Waals surface area contributed by atoms with Crippen molar-refractivity contribution in [2.24, 2.45) is 0 Å². The van der Waals surface area contributed by atoms with Crippen LogP contribution in [-0.4, -0.2) is 48.9 Å². The number of carboxylic acid groups (broad SMARTS) is 1. The summed E-state index contributed by atoms with van der Waals surface area (Å²) in [5.74, 6) is -0.379. The Morgan fingerprint density at radius 3 is 2.32 bits per heavy atom. The molecule has 0 saturated heterocycles. The Balaban J connectivity index is 3.03. The molecule has 0 radical (unpaired) electrons. The maximum absolute atomic E-state index is 12.3. The zero-order valence-electron chi connectivity index (χ0n) is 11.0. The van der Waals surface area contributed by atoms with E-state index in [1.165, 1.54) is 35.6 Å². The standard InChI is InChI=1S/C12H17NO4S2/c1-9(8-18-3)13(2)19(16,17)11-6-4-10(5-7-11)12(14)15/h4-7,9H,8H2,1-3H3,(H,14,15). The summed E-state index contributed by atoms with van der Waals surface area (Å²) in [5.41, 5.74) is 0.0683. The summed E-state index contributed by atoms with van der Waals surface area (Å²) in [6.45, 7) is 1.83. The zero-order chi connectivity index (χ0) is 14.6. The Morgan fingerprint density at radius 2 is 1.89 bits per heavy atom. The summed E-state index contributed by atoms with van der Waals surface area (Å²) in [4.78, 5) is 10.8. The molecule has 7 heteroatoms. The molecule has 106 valence electrons. The van der Waals surface area contributed by atoms with Crippen molar-refractivity contribution in [3.8, 4) is 0 Å². The van der Waals surface area contributed by atoms with Gasteiger partial charge in [-0.15, -0.1) is 0 Å². The van der Waals surface area contributed by atoms with E-state index in [4.69, 9.17) is 5.11 Å². The van der Waals surface area contributed by atoms with E-state index >= 15 is 0 Å². The van der Waals surface area contributed by atoms with Gasteiger partial charge in [-0.1, -0.05) is 0 Å². The first-order valence-electron chi connectivity index (χ1n) is 5.61. The zero-order valence-corrected chi connectivity index (χ0v) is 12.7. The summed E-state index contributed by atoms with van der Waals surface area (Å²) in [7, 11) is -2.05. The van der Waals surface area contributed by atoms with E-state index in [1.54, 1.807) is 11.8 Å². The molecule has 0 saturated carbocycles. The Kier molecular flexibility index (Phi) is 5.39. The van der Waals surface area contributed by atoms with E-state index < -0.39 is 16.0 Å². The van der Waals surface area contributed by atoms with Gasteiger partial charge in [0.15, 0.2) is 0 Å². The van der Waals surface area contributed by atoms with Crippen LogP contribution in [0.2, 0.25) is 0 Å². The van der Waals surface area contributed by atoms with Crippen molar-refractivity contribution in [2.75, 3.05) is 19.1 Å². The monoisotopic (exact) mass is 303 g/mol. The van der Waals surface area contributed by atoms with Gasteiger partial charge in [-0.2, -0.15) is 16.1 Å². The minimum absolute atomic E-state index is 0.0683. The predicted octanol–water partition coefficient (Wildman–Crippen LogP) is 1.76. The van der Waals surface area contributed by atoms with Crippen LogP contribution in [0.3, 0.4) is 0 Å². The Labute approximate surface area is 117 Å². The molecule has 0 aliphatic rings. The summed E-state index contributed by atoms with van der Waals surface area (Å²) in [6.07, 6.45) is 1.92. The largest absolute Gasteiger partial charge is 0.478 e. The number of rotatable bonds is 6. The number of hydrogen-bond donors (Lipinski definition) is 1. The normalized spacial score (nSPS) is 13.5. The third-order valence-corrected chi connectivity index (χ3v) is 5.61. The fourth-order valence-electron chi connectivity index (χ4n) is 1.52. The third-order valence-electron chi connectivity index (χ3n) is 2.81. The molecule has 0 fully saturated rings. The lowest BCUT2D eigenvalue weighted by Gasteiger charge is -2.23. The molecule has 5 nitrogen and oxygen atoms in total. The second-order valence-electron chi connectivity index (χ2n) is 4.16. The fourth-order valence-corrected chi connectivity index (χ4v) is 3.68. The number of carboxylic acids is 1. The van der Waals surface area contributed by atoms with Crippen molar-refractivity contribution in [3.63, 3.8) is 0 Å². The number of sulfonamides is 1. The highest BCUT2D eigenvalue weighted by molar-refractivity contribution is 7.98. The maximum Gasteiger partial charge on any atom is 0.335 e. The van der Waals surface area contributed by atoms with Gasteiger partial charge in [-0.25, -0.2) is 13.2 Å². The number of carbonyl (C=O) groups is 1. The van der Waals surface area contributed by atoms with Gasteiger partial charge >= 0.3 is 5.97 Å². The SMILES string of the molecule is CSCC(C)N(C)S(=O)(=O)c1ccc(C(=O)O)cc1. The molecule has 19 heavy (non-hydrogen) atoms. The van der Waals surface area contributed by atoms with Crippen LogP contribution in [-0.2, 0) is 10.0 Å². The second-order valence-corrected chi connectivity index (χ2v) is 7.06. The highest BCUT2D eigenvalue weighted by Gasteiger charge is 2.25. The van der Waals surface area contributed by atoms with Crippen LogP contribution in [0.4, 0.5) is 0 Å². The average molecular weight is 303 g/mol. The molecule has 0 heterocycles. The Morgan fingerprint density at radius 1 is 1.37 bits per heavy atom. The molecular formula is C12H17NO4S2. The number of hydrogen-bond acceptors (Lipinski definition) is 4. The minimum atomic E-state index is -3.58. The molecule has 0 amide bonds. The molecule has 1 aromatic rings. The van der Waals surface area contributed by atoms with Gasteiger partial charge < -0.3 is 5.11 Å². The van der Waals surface area contributed by atoms with E-state index in [-0.39, 0.29) is 16.5 Å². The topological polar surface area (TPSA) is 74.7 Å². The van der Waals surface area contributed by atoms with Crippen molar-refractivity contribution in [2.45, 2.75) is 17.9 Å². The molecule has 0 spiro atoms. The summed E-state index contributed by atoms with van der Waals surface area (Å²) in [6, 6.07) is 5.10. The molecule has 0 aliphatic carbocycles. The van der Waals surface area contributed by atoms with Crippen molar-refractivity contribution >= 4 is 27.8 Å². The second kappa shape index (κ2) is 6.40. The molecule has 1 N–H and O–H groups in total. The smallest absolute Gasteiger partial charge is 0.335 e. The molecule has 0 bridgehead atoms. The van der Waals surface area contributed by atoms with Crippen molar-refractivity contribution < 1.29 is 18.3 Å². The van der Waals surface area contributed by atoms with Crippen LogP contribution in [0, 0.1) is 0 Å². The number of nitrogens with zero attached hydrogens (tertiary/aromatic N) is 1. The van der Waals surface area contributed by atoms with Gasteiger partial charge in [0.05, 0.1) is 10.5 Å². The highest BCUT2D eigenvalue weighted by atomic mass is 32.2. The van der Waals surface area contributed by atoms with Crippen LogP contribution in [0.5, 0.6) is 0 Å². The molecule has 1 atom stereocenters. The van der Waals surface area contributed by atoms with Gasteiger partial charge in [0.1, 0.15) is 0 Å². The first kappa shape index (κ1) is 16.0. The lowest BCUT2D eigenvalue weighted by molar-refractivity contribution is 0.0696. The van der Waals surface area contributed by atoms with Gasteiger partial charge in [-0.3, -0.25) is 0 Å². The van der Waals surface area contributed by atoms with Gasteiger partial charge in [0.25, 0.3) is 0 Å². The van der Waals surface area contributed by atoms with Crippen LogP contribution in [0.15, 0.2) is 29.2 Å². The lowest BCUT2D eigenvalue weighted by atomic mass is 10.2. The van der Waals surface area contributed by atoms with Crippen LogP contribution >= 0.6 is 11.8 Å². The maximum atomic E-state index is 12.3. The Hall–Kier alpha value is -1.05. The number of thioether (sulfide) groups is 1. The predicted molar refractivity (Wildman–Crippen MR) is 76.2 cm³/mol. The Bertz CT molecular complexity index is 539. The van der Waals surface area contributed by atoms with Crippen molar-refractivity contribution in [1.29, 1.82) is 0 Å². The summed E-state index contributed by atoms with van der Waals surface area (Å²) < 4.78 is 25.9. The van der Waals surface area contributed by atoms with Crippen molar-refractivity contribution in [3.05, 3.63) is 29.8 Å². The summed E-state index contributed by atoms with van der Waals surface area (Å²) >= 11 is 1.57. The molecule has 0 aliphatic heterocycles. The summed E-state index contributed by atoms with van der Waals surface area (Å²) in [5, 5.41) is 8.78. The highest BCUT2D eigenvalue weighted by Crippen LogP contribution is 2.18. The number of benzene rings is 1. The fraction of sp³-hybridized carbons (Fsp3) is 0.417. The minimum Gasteiger partial charge on any atom is -0.478 e. The lowest BCUT2D eigenvalue weighted by Crippen LogP contribution is -2.36. The van der Waals surface area contributed by atoms with Crippen LogP contribution in [0.1, 0.15) is 17.3 Å². The van der Waals surface area contributed by atoms with E-state index in [1.807, 2.05) is 13.2 Å². The first-order chi connectivity index (χ1) is 8.80. The van der Waals surface area contributed by atoms with E-state index in [2.05, 4.69) is 0 Å². The van der Waals surface area contributed by atoms with Crippen molar-refractivity contribution in [1.82, 2.24) is 4.31 Å². The van der Waals surface area contributed by atoms with Gasteiger partial charge in [-0.05, 0) is 37.4 Å². The molecule has 0 aromatic heterocycles. The molecule has 1 unspecified atom stereocenters. The quantitative estimate of drug-likeness (QED) is 0.866. The van der Waals surface area contributed by atoms with Crippen LogP contribution < -0.4 is 0 Å². The van der Waals surface area contributed by atoms with Gasteiger partial charge in [0, 0.05) is 18.8 Å². The third kappa shape index (κ3) is 3.71. The molecular weight excluding hydrogens is 286 g/mol. The molecule has 1 aromatic carbocycles. The van der Waals surface area contributed by atoms with E-state index in [0.29, 0.717) is 5.75 Å². The van der Waals surface area contributed by atoms with E-state index in [9.17, 15) is 13.2 Å². The van der Waals surface area contributed by atoms with E-state index in [0.717, 1.165) is 0 Å². The molecule has 1 rings (SSSR count).